The molecule has 25 heavy (non-hydrogen) atoms. The molecule has 0 saturated carbocycles. The van der Waals surface area contributed by atoms with Gasteiger partial charge in [-0.1, -0.05) is 36.4 Å². The molecule has 3 rings (SSSR count). The van der Waals surface area contributed by atoms with E-state index in [1.165, 1.54) is 5.56 Å². The minimum atomic E-state index is 0.132. The number of fused-ring (bicyclic) bond motifs is 1. The lowest BCUT2D eigenvalue weighted by molar-refractivity contribution is 0.174. The predicted molar refractivity (Wildman–Crippen MR) is 103 cm³/mol. The summed E-state index contributed by atoms with van der Waals surface area (Å²) in [5.41, 5.74) is 2.31. The number of hydrogen-bond donors (Lipinski definition) is 2. The van der Waals surface area contributed by atoms with Crippen molar-refractivity contribution in [2.24, 2.45) is 0 Å². The molecule has 132 valence electrons. The maximum atomic E-state index is 5.48. The molecule has 1 aliphatic heterocycles. The quantitative estimate of drug-likeness (QED) is 0.775. The molecule has 6 heteroatoms. The first-order valence-electron chi connectivity index (χ1n) is 8.24. The van der Waals surface area contributed by atoms with Crippen molar-refractivity contribution in [2.75, 3.05) is 27.4 Å². The van der Waals surface area contributed by atoms with E-state index in [0.29, 0.717) is 11.7 Å². The number of hydrogen-bond acceptors (Lipinski definition) is 4. The Morgan fingerprint density at radius 1 is 1.12 bits per heavy atom. The fourth-order valence-electron chi connectivity index (χ4n) is 2.73. The standard InChI is InChI=1S/C19H23N3O2S/c1-22(2)12-16(15-6-4-3-5-7-15)21-19(25)20-11-14-8-9-17-18(10-14)24-13-23-17/h3-10,16H,11-13H2,1-2H3,(H2,20,21,25)/t16-/m0/s1. The van der Waals surface area contributed by atoms with Crippen molar-refractivity contribution in [1.82, 2.24) is 15.5 Å². The van der Waals surface area contributed by atoms with Gasteiger partial charge < -0.3 is 25.0 Å². The summed E-state index contributed by atoms with van der Waals surface area (Å²) in [5.74, 6) is 1.58. The third-order valence-corrected chi connectivity index (χ3v) is 4.21. The van der Waals surface area contributed by atoms with Gasteiger partial charge in [-0.15, -0.1) is 0 Å². The highest BCUT2D eigenvalue weighted by molar-refractivity contribution is 7.80. The fourth-order valence-corrected chi connectivity index (χ4v) is 2.94. The summed E-state index contributed by atoms with van der Waals surface area (Å²) in [6, 6.07) is 16.4. The lowest BCUT2D eigenvalue weighted by atomic mass is 10.1. The van der Waals surface area contributed by atoms with Crippen molar-refractivity contribution in [3.63, 3.8) is 0 Å². The van der Waals surface area contributed by atoms with Crippen molar-refractivity contribution in [3.05, 3.63) is 59.7 Å². The smallest absolute Gasteiger partial charge is 0.231 e. The maximum Gasteiger partial charge on any atom is 0.231 e. The van der Waals surface area contributed by atoms with E-state index in [2.05, 4.69) is 41.8 Å². The molecule has 2 aromatic rings. The number of ether oxygens (including phenoxy) is 2. The Bertz CT molecular complexity index is 722. The first kappa shape index (κ1) is 17.5. The SMILES string of the molecule is CN(C)C[C@H](NC(=S)NCc1ccc2c(c1)OCO2)c1ccccc1. The normalized spacial score (nSPS) is 13.6. The summed E-state index contributed by atoms with van der Waals surface area (Å²) >= 11 is 5.48. The van der Waals surface area contributed by atoms with E-state index in [1.54, 1.807) is 0 Å². The molecule has 2 N–H and O–H groups in total. The molecule has 1 aliphatic rings. The van der Waals surface area contributed by atoms with Gasteiger partial charge in [0.25, 0.3) is 0 Å². The van der Waals surface area contributed by atoms with E-state index < -0.39 is 0 Å². The highest BCUT2D eigenvalue weighted by atomic mass is 32.1. The lowest BCUT2D eigenvalue weighted by Crippen LogP contribution is -2.41. The molecule has 2 aromatic carbocycles. The van der Waals surface area contributed by atoms with Crippen LogP contribution in [0, 0.1) is 0 Å². The van der Waals surface area contributed by atoms with Gasteiger partial charge in [0.2, 0.25) is 6.79 Å². The average molecular weight is 357 g/mol. The summed E-state index contributed by atoms with van der Waals surface area (Å²) in [5, 5.41) is 7.31. The average Bonchev–Trinajstić information content (AvgIpc) is 3.07. The van der Waals surface area contributed by atoms with Gasteiger partial charge in [-0.05, 0) is 49.6 Å². The summed E-state index contributed by atoms with van der Waals surface area (Å²) in [7, 11) is 4.11. The second kappa shape index (κ2) is 8.18. The van der Waals surface area contributed by atoms with Crippen LogP contribution in [-0.4, -0.2) is 37.4 Å². The highest BCUT2D eigenvalue weighted by Gasteiger charge is 2.15. The zero-order chi connectivity index (χ0) is 17.6. The fraction of sp³-hybridized carbons (Fsp3) is 0.316. The van der Waals surface area contributed by atoms with Gasteiger partial charge in [-0.3, -0.25) is 0 Å². The molecule has 0 amide bonds. The van der Waals surface area contributed by atoms with Gasteiger partial charge in [-0.25, -0.2) is 0 Å². The van der Waals surface area contributed by atoms with Gasteiger partial charge in [0.1, 0.15) is 0 Å². The summed E-state index contributed by atoms with van der Waals surface area (Å²) in [6.45, 7) is 1.78. The van der Waals surface area contributed by atoms with E-state index in [4.69, 9.17) is 21.7 Å². The summed E-state index contributed by atoms with van der Waals surface area (Å²) in [4.78, 5) is 2.14. The van der Waals surface area contributed by atoms with E-state index in [1.807, 2.05) is 36.4 Å². The zero-order valence-corrected chi connectivity index (χ0v) is 15.3. The van der Waals surface area contributed by atoms with Gasteiger partial charge in [0.05, 0.1) is 6.04 Å². The van der Waals surface area contributed by atoms with E-state index in [9.17, 15) is 0 Å². The number of nitrogens with one attached hydrogen (secondary N) is 2. The maximum absolute atomic E-state index is 5.48. The van der Waals surface area contributed by atoms with Crippen molar-refractivity contribution < 1.29 is 9.47 Å². The monoisotopic (exact) mass is 357 g/mol. The van der Waals surface area contributed by atoms with Gasteiger partial charge in [0, 0.05) is 13.1 Å². The Morgan fingerprint density at radius 3 is 2.64 bits per heavy atom. The molecular weight excluding hydrogens is 334 g/mol. The van der Waals surface area contributed by atoms with Gasteiger partial charge in [0.15, 0.2) is 16.6 Å². The molecule has 0 aliphatic carbocycles. The van der Waals surface area contributed by atoms with Crippen LogP contribution >= 0.6 is 12.2 Å². The van der Waals surface area contributed by atoms with Crippen LogP contribution in [0.5, 0.6) is 11.5 Å². The molecule has 0 bridgehead atoms. The molecule has 0 fully saturated rings. The molecule has 0 unspecified atom stereocenters. The Balaban J connectivity index is 1.58. The second-order valence-corrected chi connectivity index (χ2v) is 6.65. The molecular formula is C19H23N3O2S. The highest BCUT2D eigenvalue weighted by Crippen LogP contribution is 2.32. The number of likely N-dealkylation sites (N-methyl/N-ethyl adjacent to an activating group) is 1. The van der Waals surface area contributed by atoms with Gasteiger partial charge >= 0.3 is 0 Å². The van der Waals surface area contributed by atoms with Crippen LogP contribution in [0.4, 0.5) is 0 Å². The molecule has 0 saturated heterocycles. The number of nitrogens with zero attached hydrogens (tertiary/aromatic N) is 1. The third-order valence-electron chi connectivity index (χ3n) is 3.95. The summed E-state index contributed by atoms with van der Waals surface area (Å²) in [6.07, 6.45) is 0. The number of rotatable bonds is 6. The molecule has 0 spiro atoms. The Kier molecular flexibility index (Phi) is 5.73. The van der Waals surface area contributed by atoms with Crippen LogP contribution in [0.3, 0.4) is 0 Å². The van der Waals surface area contributed by atoms with E-state index >= 15 is 0 Å². The minimum Gasteiger partial charge on any atom is -0.454 e. The molecule has 5 nitrogen and oxygen atoms in total. The number of thiocarbonyl (C=S) groups is 1. The molecule has 0 aromatic heterocycles. The van der Waals surface area contributed by atoms with Crippen molar-refractivity contribution >= 4 is 17.3 Å². The zero-order valence-electron chi connectivity index (χ0n) is 14.5. The van der Waals surface area contributed by atoms with Crippen LogP contribution in [0.15, 0.2) is 48.5 Å². The van der Waals surface area contributed by atoms with Crippen molar-refractivity contribution in [1.29, 1.82) is 0 Å². The molecule has 1 heterocycles. The predicted octanol–water partition coefficient (Wildman–Crippen LogP) is 2.68. The summed E-state index contributed by atoms with van der Waals surface area (Å²) < 4.78 is 10.7. The van der Waals surface area contributed by atoms with Crippen LogP contribution < -0.4 is 20.1 Å². The third kappa shape index (κ3) is 4.84. The Hall–Kier alpha value is -2.31. The van der Waals surface area contributed by atoms with Crippen LogP contribution in [0.25, 0.3) is 0 Å². The lowest BCUT2D eigenvalue weighted by Gasteiger charge is -2.24. The number of benzene rings is 2. The molecule has 0 radical (unpaired) electrons. The largest absolute Gasteiger partial charge is 0.454 e. The van der Waals surface area contributed by atoms with Crippen molar-refractivity contribution in [3.8, 4) is 11.5 Å². The first-order valence-corrected chi connectivity index (χ1v) is 8.65. The van der Waals surface area contributed by atoms with Gasteiger partial charge in [-0.2, -0.15) is 0 Å². The second-order valence-electron chi connectivity index (χ2n) is 6.24. The first-order chi connectivity index (χ1) is 12.1. The van der Waals surface area contributed by atoms with Crippen LogP contribution in [0.1, 0.15) is 17.2 Å². The van der Waals surface area contributed by atoms with E-state index in [-0.39, 0.29) is 12.8 Å². The minimum absolute atomic E-state index is 0.132. The topological polar surface area (TPSA) is 45.8 Å². The Labute approximate surface area is 153 Å². The van der Waals surface area contributed by atoms with E-state index in [0.717, 1.165) is 23.6 Å². The molecule has 1 atom stereocenters. The van der Waals surface area contributed by atoms with Crippen LogP contribution in [0.2, 0.25) is 0 Å². The van der Waals surface area contributed by atoms with Crippen LogP contribution in [-0.2, 0) is 6.54 Å². The van der Waals surface area contributed by atoms with Crippen molar-refractivity contribution in [2.45, 2.75) is 12.6 Å². The Morgan fingerprint density at radius 2 is 1.88 bits per heavy atom.